The number of benzene rings is 7. The molecule has 0 saturated carbocycles. The summed E-state index contributed by atoms with van der Waals surface area (Å²) >= 11 is 3.67. The zero-order valence-corrected chi connectivity index (χ0v) is 28.5. The number of aromatic nitrogens is 2. The number of rotatable bonds is 5. The first-order valence-corrected chi connectivity index (χ1v) is 18.4. The van der Waals surface area contributed by atoms with E-state index < -0.39 is 0 Å². The third kappa shape index (κ3) is 4.84. The van der Waals surface area contributed by atoms with Crippen LogP contribution in [0.3, 0.4) is 0 Å². The SMILES string of the molecule is c1ccc(-c2ccc(-c3nc(-c4cccc5c4sc4ccccc45)cc(-c4cccc5c4sc4ccccc45)n3)c(-c3ccccc3)c2)cc1. The average Bonchev–Trinajstić information content (AvgIpc) is 3.77. The molecule has 0 bridgehead atoms. The Kier molecular flexibility index (Phi) is 6.90. The number of fused-ring (bicyclic) bond motifs is 6. The summed E-state index contributed by atoms with van der Waals surface area (Å²) in [5, 5.41) is 5.07. The number of hydrogen-bond donors (Lipinski definition) is 0. The Morgan fingerprint density at radius 3 is 1.40 bits per heavy atom. The molecular formula is C46H28N2S2. The second-order valence-electron chi connectivity index (χ2n) is 12.5. The molecule has 0 N–H and O–H groups in total. The van der Waals surface area contributed by atoms with Crippen LogP contribution in [-0.4, -0.2) is 9.97 Å². The van der Waals surface area contributed by atoms with Crippen LogP contribution < -0.4 is 0 Å². The van der Waals surface area contributed by atoms with Gasteiger partial charge in [0.25, 0.3) is 0 Å². The maximum atomic E-state index is 5.43. The Hall–Kier alpha value is -5.94. The first-order valence-electron chi connectivity index (χ1n) is 16.7. The highest BCUT2D eigenvalue weighted by Gasteiger charge is 2.19. The molecular weight excluding hydrogens is 645 g/mol. The predicted octanol–water partition coefficient (Wildman–Crippen LogP) is 13.5. The van der Waals surface area contributed by atoms with Crippen LogP contribution in [0, 0.1) is 0 Å². The number of nitrogens with zero attached hydrogens (tertiary/aromatic N) is 2. The van der Waals surface area contributed by atoms with Gasteiger partial charge >= 0.3 is 0 Å². The Morgan fingerprint density at radius 1 is 0.320 bits per heavy atom. The smallest absolute Gasteiger partial charge is 0.161 e. The lowest BCUT2D eigenvalue weighted by molar-refractivity contribution is 1.19. The zero-order chi connectivity index (χ0) is 33.0. The topological polar surface area (TPSA) is 25.8 Å². The molecule has 0 unspecified atom stereocenters. The fourth-order valence-corrected chi connectivity index (χ4v) is 9.60. The molecule has 50 heavy (non-hydrogen) atoms. The second-order valence-corrected chi connectivity index (χ2v) is 14.6. The van der Waals surface area contributed by atoms with E-state index in [0.29, 0.717) is 5.82 Å². The van der Waals surface area contributed by atoms with Gasteiger partial charge in [-0.05, 0) is 52.6 Å². The third-order valence-corrected chi connectivity index (χ3v) is 12.0. The van der Waals surface area contributed by atoms with Crippen LogP contribution in [0.25, 0.3) is 96.5 Å². The lowest BCUT2D eigenvalue weighted by atomic mass is 9.94. The molecule has 2 nitrogen and oxygen atoms in total. The van der Waals surface area contributed by atoms with Gasteiger partial charge in [0.15, 0.2) is 5.82 Å². The second kappa shape index (κ2) is 11.9. The van der Waals surface area contributed by atoms with Crippen molar-refractivity contribution in [1.82, 2.24) is 9.97 Å². The van der Waals surface area contributed by atoms with Crippen molar-refractivity contribution in [2.24, 2.45) is 0 Å². The Labute approximate surface area is 297 Å². The monoisotopic (exact) mass is 672 g/mol. The van der Waals surface area contributed by atoms with Gasteiger partial charge in [-0.2, -0.15) is 0 Å². The van der Waals surface area contributed by atoms with Gasteiger partial charge in [0, 0.05) is 57.0 Å². The lowest BCUT2D eigenvalue weighted by Gasteiger charge is -2.15. The molecule has 0 aliphatic rings. The molecule has 234 valence electrons. The summed E-state index contributed by atoms with van der Waals surface area (Å²) in [5.41, 5.74) is 9.68. The molecule has 0 aliphatic carbocycles. The van der Waals surface area contributed by atoms with Gasteiger partial charge < -0.3 is 0 Å². The van der Waals surface area contributed by atoms with Crippen LogP contribution in [0.1, 0.15) is 0 Å². The van der Waals surface area contributed by atoms with E-state index in [1.165, 1.54) is 45.9 Å². The summed E-state index contributed by atoms with van der Waals surface area (Å²) in [6.45, 7) is 0. The normalized spacial score (nSPS) is 11.6. The van der Waals surface area contributed by atoms with Crippen molar-refractivity contribution in [3.8, 4) is 56.2 Å². The van der Waals surface area contributed by atoms with E-state index in [-0.39, 0.29) is 0 Å². The molecule has 3 aromatic heterocycles. The minimum atomic E-state index is 0.715. The Morgan fingerprint density at radius 2 is 0.820 bits per heavy atom. The van der Waals surface area contributed by atoms with Crippen LogP contribution in [0.5, 0.6) is 0 Å². The quantitative estimate of drug-likeness (QED) is 0.182. The van der Waals surface area contributed by atoms with Gasteiger partial charge in [-0.1, -0.05) is 140 Å². The molecule has 0 radical (unpaired) electrons. The van der Waals surface area contributed by atoms with Gasteiger partial charge in [-0.25, -0.2) is 9.97 Å². The maximum Gasteiger partial charge on any atom is 0.161 e. The highest BCUT2D eigenvalue weighted by atomic mass is 32.1. The van der Waals surface area contributed by atoms with E-state index in [0.717, 1.165) is 44.8 Å². The maximum absolute atomic E-state index is 5.43. The first-order chi connectivity index (χ1) is 24.8. The van der Waals surface area contributed by atoms with Crippen LogP contribution in [-0.2, 0) is 0 Å². The summed E-state index contributed by atoms with van der Waals surface area (Å²) in [6.07, 6.45) is 0. The summed E-state index contributed by atoms with van der Waals surface area (Å²) in [6, 6.07) is 60.6. The lowest BCUT2D eigenvalue weighted by Crippen LogP contribution is -1.98. The largest absolute Gasteiger partial charge is 0.228 e. The van der Waals surface area contributed by atoms with Gasteiger partial charge in [-0.15, -0.1) is 22.7 Å². The highest BCUT2D eigenvalue weighted by Crippen LogP contribution is 2.44. The number of hydrogen-bond acceptors (Lipinski definition) is 4. The van der Waals surface area contributed by atoms with Gasteiger partial charge in [0.2, 0.25) is 0 Å². The fraction of sp³-hybridized carbons (Fsp3) is 0. The standard InChI is InChI=1S/C46H28N2S2/c1-3-13-29(14-4-1)31-25-26-36(39(27-31)30-15-5-2-6-16-30)46-47-40(37-21-11-19-34-32-17-7-9-23-42(32)49-44(34)37)28-41(48-46)38-22-12-20-35-33-18-8-10-24-43(33)50-45(35)38/h1-28H. The minimum absolute atomic E-state index is 0.715. The zero-order valence-electron chi connectivity index (χ0n) is 26.9. The molecule has 0 spiro atoms. The summed E-state index contributed by atoms with van der Waals surface area (Å²) < 4.78 is 5.05. The van der Waals surface area contributed by atoms with E-state index in [4.69, 9.17) is 9.97 Å². The van der Waals surface area contributed by atoms with Crippen molar-refractivity contribution >= 4 is 63.0 Å². The highest BCUT2D eigenvalue weighted by molar-refractivity contribution is 7.26. The molecule has 0 saturated heterocycles. The van der Waals surface area contributed by atoms with Gasteiger partial charge in [0.1, 0.15) is 0 Å². The molecule has 10 rings (SSSR count). The van der Waals surface area contributed by atoms with Gasteiger partial charge in [-0.3, -0.25) is 0 Å². The van der Waals surface area contributed by atoms with Crippen LogP contribution >= 0.6 is 22.7 Å². The van der Waals surface area contributed by atoms with E-state index in [9.17, 15) is 0 Å². The van der Waals surface area contributed by atoms with Crippen molar-refractivity contribution in [3.63, 3.8) is 0 Å². The summed E-state index contributed by atoms with van der Waals surface area (Å²) in [4.78, 5) is 10.9. The molecule has 0 fully saturated rings. The molecule has 7 aromatic carbocycles. The Balaban J connectivity index is 1.26. The van der Waals surface area contributed by atoms with E-state index >= 15 is 0 Å². The third-order valence-electron chi connectivity index (χ3n) is 9.54. The van der Waals surface area contributed by atoms with Crippen molar-refractivity contribution in [2.75, 3.05) is 0 Å². The summed E-state index contributed by atoms with van der Waals surface area (Å²) in [5.74, 6) is 0.715. The minimum Gasteiger partial charge on any atom is -0.228 e. The van der Waals surface area contributed by atoms with E-state index in [2.05, 4.69) is 170 Å². The Bertz CT molecular complexity index is 2740. The molecule has 0 amide bonds. The molecule has 3 heterocycles. The molecule has 0 atom stereocenters. The van der Waals surface area contributed by atoms with Crippen molar-refractivity contribution in [3.05, 3.63) is 170 Å². The van der Waals surface area contributed by atoms with Gasteiger partial charge in [0.05, 0.1) is 11.4 Å². The molecule has 10 aromatic rings. The molecule has 0 aliphatic heterocycles. The van der Waals surface area contributed by atoms with Crippen molar-refractivity contribution in [1.29, 1.82) is 0 Å². The van der Waals surface area contributed by atoms with E-state index in [1.54, 1.807) is 0 Å². The first kappa shape index (κ1) is 29.0. The van der Waals surface area contributed by atoms with Crippen molar-refractivity contribution in [2.45, 2.75) is 0 Å². The molecule has 4 heteroatoms. The predicted molar refractivity (Wildman–Crippen MR) is 215 cm³/mol. The van der Waals surface area contributed by atoms with Crippen LogP contribution in [0.2, 0.25) is 0 Å². The summed E-state index contributed by atoms with van der Waals surface area (Å²) in [7, 11) is 0. The van der Waals surface area contributed by atoms with Crippen molar-refractivity contribution < 1.29 is 0 Å². The van der Waals surface area contributed by atoms with Crippen LogP contribution in [0.15, 0.2) is 170 Å². The van der Waals surface area contributed by atoms with Crippen LogP contribution in [0.4, 0.5) is 0 Å². The van der Waals surface area contributed by atoms with E-state index in [1.807, 2.05) is 22.7 Å². The number of thiophene rings is 2. The fourth-order valence-electron chi connectivity index (χ4n) is 7.15. The average molecular weight is 673 g/mol.